The minimum atomic E-state index is -1.06. The molecule has 3 N–H and O–H groups in total. The van der Waals surface area contributed by atoms with Crippen molar-refractivity contribution < 1.29 is 14.7 Å². The van der Waals surface area contributed by atoms with Crippen molar-refractivity contribution in [2.75, 3.05) is 0 Å². The first-order chi connectivity index (χ1) is 9.25. The molecule has 7 heteroatoms. The molecule has 0 spiro atoms. The van der Waals surface area contributed by atoms with Gasteiger partial charge in [0.1, 0.15) is 5.01 Å². The number of amides is 2. The first kappa shape index (κ1) is 16.4. The molecule has 0 bridgehead atoms. The molecule has 0 fully saturated rings. The molecular formula is C13H21N3O3S. The third kappa shape index (κ3) is 4.80. The Morgan fingerprint density at radius 3 is 2.65 bits per heavy atom. The molecule has 0 radical (unpaired) electrons. The highest BCUT2D eigenvalue weighted by Crippen LogP contribution is 2.18. The van der Waals surface area contributed by atoms with Gasteiger partial charge in [0.2, 0.25) is 0 Å². The highest BCUT2D eigenvalue weighted by atomic mass is 32.1. The van der Waals surface area contributed by atoms with E-state index in [1.807, 2.05) is 13.8 Å². The number of carboxylic acid groups (broad SMARTS) is 1. The summed E-state index contributed by atoms with van der Waals surface area (Å²) in [5, 5.41) is 16.5. The number of nitrogens with zero attached hydrogens (tertiary/aromatic N) is 1. The highest BCUT2D eigenvalue weighted by Gasteiger charge is 2.21. The molecular weight excluding hydrogens is 278 g/mol. The molecule has 0 saturated heterocycles. The van der Waals surface area contributed by atoms with Crippen molar-refractivity contribution in [3.8, 4) is 0 Å². The number of hydrogen-bond acceptors (Lipinski definition) is 4. The number of thiazole rings is 1. The summed E-state index contributed by atoms with van der Waals surface area (Å²) in [6.07, 6.45) is 1.87. The van der Waals surface area contributed by atoms with E-state index < -0.39 is 5.97 Å². The van der Waals surface area contributed by atoms with Gasteiger partial charge in [-0.05, 0) is 27.2 Å². The van der Waals surface area contributed by atoms with Crippen molar-refractivity contribution >= 4 is 23.3 Å². The van der Waals surface area contributed by atoms with Crippen LogP contribution < -0.4 is 10.6 Å². The lowest BCUT2D eigenvalue weighted by molar-refractivity contribution is 0.0691. The quantitative estimate of drug-likeness (QED) is 0.753. The fraction of sp³-hybridized carbons (Fsp3) is 0.615. The lowest BCUT2D eigenvalue weighted by Crippen LogP contribution is -2.48. The standard InChI is InChI=1S/C13H21N3O3S/c1-5-6-13(3,4)16-12(19)14-8(2)10-15-9(7-20-10)11(17)18/h7-8H,5-6H2,1-4H3,(H,17,18)(H2,14,16,19). The van der Waals surface area contributed by atoms with Crippen LogP contribution in [-0.4, -0.2) is 27.6 Å². The predicted octanol–water partition coefficient (Wildman–Crippen LogP) is 2.78. The van der Waals surface area contributed by atoms with E-state index in [2.05, 4.69) is 22.5 Å². The normalized spacial score (nSPS) is 12.8. The second kappa shape index (κ2) is 6.69. The fourth-order valence-corrected chi connectivity index (χ4v) is 2.67. The molecule has 1 atom stereocenters. The Bertz CT molecular complexity index is 485. The first-order valence-corrected chi connectivity index (χ1v) is 7.40. The molecule has 0 aromatic carbocycles. The lowest BCUT2D eigenvalue weighted by atomic mass is 9.99. The smallest absolute Gasteiger partial charge is 0.355 e. The average molecular weight is 299 g/mol. The van der Waals surface area contributed by atoms with Gasteiger partial charge in [0, 0.05) is 10.9 Å². The van der Waals surface area contributed by atoms with Crippen LogP contribution in [0.5, 0.6) is 0 Å². The Labute approximate surface area is 122 Å². The molecule has 112 valence electrons. The van der Waals surface area contributed by atoms with E-state index in [0.717, 1.165) is 12.8 Å². The van der Waals surface area contributed by atoms with Crippen molar-refractivity contribution in [3.05, 3.63) is 16.1 Å². The minimum absolute atomic E-state index is 0.00497. The maximum Gasteiger partial charge on any atom is 0.355 e. The van der Waals surface area contributed by atoms with Crippen LogP contribution in [0.1, 0.15) is 62.1 Å². The summed E-state index contributed by atoms with van der Waals surface area (Å²) < 4.78 is 0. The van der Waals surface area contributed by atoms with Gasteiger partial charge in [0.15, 0.2) is 5.69 Å². The van der Waals surface area contributed by atoms with Crippen LogP contribution in [0.4, 0.5) is 4.79 Å². The molecule has 20 heavy (non-hydrogen) atoms. The van der Waals surface area contributed by atoms with Gasteiger partial charge in [-0.1, -0.05) is 13.3 Å². The summed E-state index contributed by atoms with van der Waals surface area (Å²) >= 11 is 1.22. The van der Waals surface area contributed by atoms with Gasteiger partial charge in [-0.25, -0.2) is 14.6 Å². The second-order valence-electron chi connectivity index (χ2n) is 5.33. The number of aromatic carboxylic acids is 1. The highest BCUT2D eigenvalue weighted by molar-refractivity contribution is 7.09. The number of carbonyl (C=O) groups excluding carboxylic acids is 1. The van der Waals surface area contributed by atoms with Crippen LogP contribution in [0, 0.1) is 0 Å². The zero-order valence-corrected chi connectivity index (χ0v) is 13.0. The molecule has 0 saturated carbocycles. The monoisotopic (exact) mass is 299 g/mol. The number of nitrogens with one attached hydrogen (secondary N) is 2. The van der Waals surface area contributed by atoms with Crippen LogP contribution in [0.15, 0.2) is 5.38 Å². The van der Waals surface area contributed by atoms with Gasteiger partial charge in [-0.15, -0.1) is 11.3 Å². The summed E-state index contributed by atoms with van der Waals surface area (Å²) in [6, 6.07) is -0.603. The number of aromatic nitrogens is 1. The van der Waals surface area contributed by atoms with Crippen molar-refractivity contribution in [1.29, 1.82) is 0 Å². The predicted molar refractivity (Wildman–Crippen MR) is 78.1 cm³/mol. The van der Waals surface area contributed by atoms with Crippen LogP contribution in [-0.2, 0) is 0 Å². The van der Waals surface area contributed by atoms with E-state index in [0.29, 0.717) is 5.01 Å². The number of carboxylic acids is 1. The summed E-state index contributed by atoms with van der Waals surface area (Å²) in [6.45, 7) is 7.77. The molecule has 0 aliphatic carbocycles. The van der Waals surface area contributed by atoms with Crippen LogP contribution in [0.3, 0.4) is 0 Å². The summed E-state index contributed by atoms with van der Waals surface area (Å²) in [7, 11) is 0. The van der Waals surface area contributed by atoms with Crippen molar-refractivity contribution in [2.45, 2.75) is 52.1 Å². The molecule has 1 aromatic heterocycles. The Morgan fingerprint density at radius 2 is 2.15 bits per heavy atom. The van der Waals surface area contributed by atoms with Gasteiger partial charge in [0.05, 0.1) is 6.04 Å². The third-order valence-corrected chi connectivity index (χ3v) is 3.81. The number of urea groups is 1. The molecule has 1 unspecified atom stereocenters. The molecule has 0 aliphatic rings. The molecule has 1 aromatic rings. The molecule has 0 aliphatic heterocycles. The maximum absolute atomic E-state index is 11.9. The SMILES string of the molecule is CCCC(C)(C)NC(=O)NC(C)c1nc(C(=O)O)cs1. The van der Waals surface area contributed by atoms with Crippen molar-refractivity contribution in [2.24, 2.45) is 0 Å². The molecule has 2 amide bonds. The second-order valence-corrected chi connectivity index (χ2v) is 6.22. The Morgan fingerprint density at radius 1 is 1.50 bits per heavy atom. The topological polar surface area (TPSA) is 91.3 Å². The molecule has 6 nitrogen and oxygen atoms in total. The van der Waals surface area contributed by atoms with Crippen molar-refractivity contribution in [1.82, 2.24) is 15.6 Å². The fourth-order valence-electron chi connectivity index (χ4n) is 1.87. The molecule has 1 heterocycles. The van der Waals surface area contributed by atoms with Gasteiger partial charge >= 0.3 is 12.0 Å². The number of rotatable bonds is 6. The third-order valence-electron chi connectivity index (χ3n) is 2.79. The Kier molecular flexibility index (Phi) is 5.50. The van der Waals surface area contributed by atoms with Gasteiger partial charge < -0.3 is 15.7 Å². The van der Waals surface area contributed by atoms with Crippen LogP contribution >= 0.6 is 11.3 Å². The molecule has 1 rings (SSSR count). The zero-order chi connectivity index (χ0) is 15.3. The van der Waals surface area contributed by atoms with Crippen LogP contribution in [0.2, 0.25) is 0 Å². The average Bonchev–Trinajstić information content (AvgIpc) is 2.76. The largest absolute Gasteiger partial charge is 0.476 e. The number of carbonyl (C=O) groups is 2. The summed E-state index contributed by atoms with van der Waals surface area (Å²) in [5.41, 5.74) is -0.265. The summed E-state index contributed by atoms with van der Waals surface area (Å²) in [5.74, 6) is -1.06. The van der Waals surface area contributed by atoms with E-state index in [1.54, 1.807) is 6.92 Å². The van der Waals surface area contributed by atoms with Gasteiger partial charge in [-0.3, -0.25) is 0 Å². The van der Waals surface area contributed by atoms with Crippen molar-refractivity contribution in [3.63, 3.8) is 0 Å². The maximum atomic E-state index is 11.9. The van der Waals surface area contributed by atoms with E-state index in [1.165, 1.54) is 16.7 Å². The number of hydrogen-bond donors (Lipinski definition) is 3. The van der Waals surface area contributed by atoms with Crippen LogP contribution in [0.25, 0.3) is 0 Å². The van der Waals surface area contributed by atoms with Gasteiger partial charge in [0.25, 0.3) is 0 Å². The van der Waals surface area contributed by atoms with Gasteiger partial charge in [-0.2, -0.15) is 0 Å². The zero-order valence-electron chi connectivity index (χ0n) is 12.2. The van der Waals surface area contributed by atoms with E-state index in [9.17, 15) is 9.59 Å². The summed E-state index contributed by atoms with van der Waals surface area (Å²) in [4.78, 5) is 26.6. The lowest BCUT2D eigenvalue weighted by Gasteiger charge is -2.26. The first-order valence-electron chi connectivity index (χ1n) is 6.52. The van der Waals surface area contributed by atoms with E-state index >= 15 is 0 Å². The Hall–Kier alpha value is -1.63. The van der Waals surface area contributed by atoms with E-state index in [-0.39, 0.29) is 23.3 Å². The Balaban J connectivity index is 2.58. The minimum Gasteiger partial charge on any atom is -0.476 e. The van der Waals surface area contributed by atoms with E-state index in [4.69, 9.17) is 5.11 Å².